The van der Waals surface area contributed by atoms with Crippen LogP contribution in [0.3, 0.4) is 0 Å². The van der Waals surface area contributed by atoms with Crippen LogP contribution in [-0.2, 0) is 12.7 Å². The molecule has 206 valence electrons. The summed E-state index contributed by atoms with van der Waals surface area (Å²) in [4.78, 5) is 17.5. The Morgan fingerprint density at radius 2 is 1.68 bits per heavy atom. The summed E-state index contributed by atoms with van der Waals surface area (Å²) in [6.07, 6.45) is -4.74. The number of anilines is 1. The summed E-state index contributed by atoms with van der Waals surface area (Å²) in [5, 5.41) is 11.2. The van der Waals surface area contributed by atoms with E-state index in [0.717, 1.165) is 11.6 Å². The standard InChI is InChI=1S/C28H25F3N6O3/c1-16-26(17(2)36(34-16)15-18-6-5-7-21(12-18)40-4)33-27(38)23-14-25-32-22(19-8-10-20(39-3)11-9-19)13-24(28(29,30)31)37(25)35-23/h5-14H,15H2,1-4H3,(H,33,38). The van der Waals surface area contributed by atoms with Gasteiger partial charge in [-0.3, -0.25) is 9.48 Å². The topological polar surface area (TPSA) is 95.6 Å². The fraction of sp³-hybridized carbons (Fsp3) is 0.214. The van der Waals surface area contributed by atoms with Crippen LogP contribution in [0.4, 0.5) is 18.9 Å². The van der Waals surface area contributed by atoms with Crippen LogP contribution < -0.4 is 14.8 Å². The number of benzene rings is 2. The van der Waals surface area contributed by atoms with Gasteiger partial charge in [0.1, 0.15) is 11.5 Å². The van der Waals surface area contributed by atoms with Crippen molar-refractivity contribution in [3.63, 3.8) is 0 Å². The number of hydrogen-bond donors (Lipinski definition) is 1. The normalized spacial score (nSPS) is 11.6. The van der Waals surface area contributed by atoms with Crippen molar-refractivity contribution < 1.29 is 27.4 Å². The van der Waals surface area contributed by atoms with Gasteiger partial charge in [0.15, 0.2) is 17.0 Å². The lowest BCUT2D eigenvalue weighted by Gasteiger charge is -2.11. The maximum atomic E-state index is 14.0. The van der Waals surface area contributed by atoms with Gasteiger partial charge in [0.2, 0.25) is 0 Å². The van der Waals surface area contributed by atoms with Crippen LogP contribution in [0.1, 0.15) is 33.1 Å². The Bertz CT molecular complexity index is 1710. The molecule has 0 atom stereocenters. The molecule has 2 aromatic carbocycles. The summed E-state index contributed by atoms with van der Waals surface area (Å²) in [5.74, 6) is 0.583. The number of methoxy groups -OCH3 is 2. The van der Waals surface area contributed by atoms with E-state index in [0.29, 0.717) is 45.2 Å². The lowest BCUT2D eigenvalue weighted by atomic mass is 10.1. The van der Waals surface area contributed by atoms with E-state index in [4.69, 9.17) is 9.47 Å². The van der Waals surface area contributed by atoms with E-state index in [-0.39, 0.29) is 17.0 Å². The highest BCUT2D eigenvalue weighted by Gasteiger charge is 2.36. The minimum Gasteiger partial charge on any atom is -0.497 e. The third kappa shape index (κ3) is 5.20. The van der Waals surface area contributed by atoms with Crippen LogP contribution in [0.25, 0.3) is 16.9 Å². The van der Waals surface area contributed by atoms with E-state index in [1.807, 2.05) is 24.3 Å². The molecule has 3 aromatic heterocycles. The highest BCUT2D eigenvalue weighted by Crippen LogP contribution is 2.33. The first kappa shape index (κ1) is 26.7. The van der Waals surface area contributed by atoms with E-state index in [1.165, 1.54) is 13.2 Å². The number of aromatic nitrogens is 5. The van der Waals surface area contributed by atoms with Crippen LogP contribution in [-0.4, -0.2) is 44.5 Å². The summed E-state index contributed by atoms with van der Waals surface area (Å²) in [6.45, 7) is 3.96. The number of nitrogens with zero attached hydrogens (tertiary/aromatic N) is 5. The predicted molar refractivity (Wildman–Crippen MR) is 142 cm³/mol. The second-order valence-electron chi connectivity index (χ2n) is 9.06. The molecule has 0 aliphatic carbocycles. The molecule has 1 N–H and O–H groups in total. The minimum atomic E-state index is -4.74. The number of fused-ring (bicyclic) bond motifs is 1. The van der Waals surface area contributed by atoms with Crippen molar-refractivity contribution in [1.29, 1.82) is 0 Å². The van der Waals surface area contributed by atoms with Crippen LogP contribution >= 0.6 is 0 Å². The largest absolute Gasteiger partial charge is 0.497 e. The summed E-state index contributed by atoms with van der Waals surface area (Å²) in [7, 11) is 3.08. The molecule has 0 aliphatic rings. The SMILES string of the molecule is COc1ccc(-c2cc(C(F)(F)F)n3nc(C(=O)Nc4c(C)nn(Cc5cccc(OC)c5)c4C)cc3n2)cc1. The van der Waals surface area contributed by atoms with Gasteiger partial charge in [0.25, 0.3) is 5.91 Å². The number of nitrogens with one attached hydrogen (secondary N) is 1. The zero-order valence-corrected chi connectivity index (χ0v) is 22.1. The molecule has 0 saturated heterocycles. The third-order valence-electron chi connectivity index (χ3n) is 6.42. The van der Waals surface area contributed by atoms with Gasteiger partial charge < -0.3 is 14.8 Å². The zero-order chi connectivity index (χ0) is 28.6. The van der Waals surface area contributed by atoms with Crippen molar-refractivity contribution >= 4 is 17.2 Å². The number of aryl methyl sites for hydroxylation is 1. The third-order valence-corrected chi connectivity index (χ3v) is 6.42. The van der Waals surface area contributed by atoms with Crippen LogP contribution in [0.2, 0.25) is 0 Å². The molecule has 5 rings (SSSR count). The molecule has 0 radical (unpaired) electrons. The molecule has 0 aliphatic heterocycles. The van der Waals surface area contributed by atoms with Crippen molar-refractivity contribution in [3.8, 4) is 22.8 Å². The van der Waals surface area contributed by atoms with Gasteiger partial charge in [-0.1, -0.05) is 12.1 Å². The lowest BCUT2D eigenvalue weighted by Crippen LogP contribution is -2.16. The Hall–Kier alpha value is -4.87. The molecule has 0 unspecified atom stereocenters. The molecule has 5 aromatic rings. The smallest absolute Gasteiger partial charge is 0.433 e. The maximum absolute atomic E-state index is 14.0. The van der Waals surface area contributed by atoms with E-state index in [1.54, 1.807) is 49.9 Å². The first-order chi connectivity index (χ1) is 19.1. The van der Waals surface area contributed by atoms with Crippen molar-refractivity contribution in [2.45, 2.75) is 26.6 Å². The number of rotatable bonds is 7. The Morgan fingerprint density at radius 1 is 0.950 bits per heavy atom. The van der Waals surface area contributed by atoms with E-state index < -0.39 is 17.8 Å². The second-order valence-corrected chi connectivity index (χ2v) is 9.06. The van der Waals surface area contributed by atoms with Gasteiger partial charge >= 0.3 is 6.18 Å². The monoisotopic (exact) mass is 550 g/mol. The maximum Gasteiger partial charge on any atom is 0.433 e. The van der Waals surface area contributed by atoms with Crippen LogP contribution in [0.5, 0.6) is 11.5 Å². The molecule has 0 spiro atoms. The average molecular weight is 551 g/mol. The fourth-order valence-electron chi connectivity index (χ4n) is 4.35. The Morgan fingerprint density at radius 3 is 2.35 bits per heavy atom. The highest BCUT2D eigenvalue weighted by molar-refractivity contribution is 6.04. The van der Waals surface area contributed by atoms with Crippen molar-refractivity contribution in [2.75, 3.05) is 19.5 Å². The number of alkyl halides is 3. The predicted octanol–water partition coefficient (Wildman–Crippen LogP) is 5.55. The number of hydrogen-bond acceptors (Lipinski definition) is 6. The molecule has 12 heteroatoms. The van der Waals surface area contributed by atoms with Gasteiger partial charge in [-0.2, -0.15) is 23.4 Å². The molecule has 3 heterocycles. The summed E-state index contributed by atoms with van der Waals surface area (Å²) < 4.78 is 54.7. The van der Waals surface area contributed by atoms with Gasteiger partial charge in [-0.25, -0.2) is 9.50 Å². The van der Waals surface area contributed by atoms with Gasteiger partial charge in [0, 0.05) is 11.6 Å². The van der Waals surface area contributed by atoms with Crippen LogP contribution in [0, 0.1) is 13.8 Å². The molecule has 9 nitrogen and oxygen atoms in total. The quantitative estimate of drug-likeness (QED) is 0.286. The van der Waals surface area contributed by atoms with Crippen molar-refractivity contribution in [1.82, 2.24) is 24.4 Å². The second kappa shape index (κ2) is 10.4. The first-order valence-corrected chi connectivity index (χ1v) is 12.2. The van der Waals surface area contributed by atoms with Crippen molar-refractivity contribution in [2.24, 2.45) is 0 Å². The molecule has 0 saturated carbocycles. The number of carbonyl (C=O) groups is 1. The summed E-state index contributed by atoms with van der Waals surface area (Å²) >= 11 is 0. The number of amides is 1. The van der Waals surface area contributed by atoms with E-state index in [2.05, 4.69) is 20.5 Å². The Balaban J connectivity index is 1.46. The number of halogens is 3. The van der Waals surface area contributed by atoms with E-state index in [9.17, 15) is 18.0 Å². The molecule has 0 fully saturated rings. The van der Waals surface area contributed by atoms with Gasteiger partial charge in [-0.05, 0) is 61.9 Å². The number of carbonyl (C=O) groups excluding carboxylic acids is 1. The highest BCUT2D eigenvalue weighted by atomic mass is 19.4. The fourth-order valence-corrected chi connectivity index (χ4v) is 4.35. The first-order valence-electron chi connectivity index (χ1n) is 12.2. The minimum absolute atomic E-state index is 0.0832. The Kier molecular flexibility index (Phi) is 6.92. The average Bonchev–Trinajstić information content (AvgIpc) is 3.48. The van der Waals surface area contributed by atoms with Crippen LogP contribution in [0.15, 0.2) is 60.7 Å². The van der Waals surface area contributed by atoms with Crippen molar-refractivity contribution in [3.05, 3.63) is 89.0 Å². The van der Waals surface area contributed by atoms with Gasteiger partial charge in [-0.15, -0.1) is 0 Å². The zero-order valence-electron chi connectivity index (χ0n) is 22.1. The van der Waals surface area contributed by atoms with Gasteiger partial charge in [0.05, 0.1) is 43.5 Å². The molecule has 0 bridgehead atoms. The summed E-state index contributed by atoms with van der Waals surface area (Å²) in [6, 6.07) is 16.1. The number of ether oxygens (including phenoxy) is 2. The Labute approximate surface area is 227 Å². The molecule has 1 amide bonds. The van der Waals surface area contributed by atoms with E-state index >= 15 is 0 Å². The molecule has 40 heavy (non-hydrogen) atoms. The lowest BCUT2D eigenvalue weighted by molar-refractivity contribution is -0.142. The molecular weight excluding hydrogens is 525 g/mol. The molecular formula is C28H25F3N6O3. The summed E-state index contributed by atoms with van der Waals surface area (Å²) in [5.41, 5.74) is 1.77.